The molecule has 102 valence electrons. The van der Waals surface area contributed by atoms with Gasteiger partial charge in [-0.15, -0.1) is 0 Å². The van der Waals surface area contributed by atoms with Crippen LogP contribution in [-0.2, 0) is 7.05 Å². The van der Waals surface area contributed by atoms with Crippen molar-refractivity contribution in [2.75, 3.05) is 0 Å². The molecule has 6 nitrogen and oxygen atoms in total. The normalized spacial score (nSPS) is 16.3. The van der Waals surface area contributed by atoms with Crippen molar-refractivity contribution in [1.29, 1.82) is 0 Å². The van der Waals surface area contributed by atoms with Crippen LogP contribution < -0.4 is 5.56 Å². The van der Waals surface area contributed by atoms with Crippen LogP contribution in [0.2, 0.25) is 0 Å². The highest BCUT2D eigenvalue weighted by atomic mass is 16.6. The maximum absolute atomic E-state index is 12.1. The molecule has 1 fully saturated rings. The van der Waals surface area contributed by atoms with Crippen LogP contribution in [0.5, 0.6) is 0 Å². The maximum Gasteiger partial charge on any atom is 0.355 e. The zero-order valence-electron chi connectivity index (χ0n) is 10.2. The predicted octanol–water partition coefficient (Wildman–Crippen LogP) is 2.54. The predicted molar refractivity (Wildman–Crippen MR) is 69.9 cm³/mol. The van der Waals surface area contributed by atoms with Crippen LogP contribution >= 0.6 is 0 Å². The first-order chi connectivity index (χ1) is 8.04. The number of aromatic nitrogens is 2. The number of hydrogen-bond acceptors (Lipinski definition) is 3. The largest absolute Gasteiger partial charge is 0.355 e. The quantitative estimate of drug-likeness (QED) is 0.602. The van der Waals surface area contributed by atoms with Gasteiger partial charge in [0.05, 0.1) is 11.0 Å². The molecule has 1 aromatic heterocycles. The monoisotopic (exact) mass is 255 g/mol. The molecule has 1 aliphatic rings. The zero-order valence-corrected chi connectivity index (χ0v) is 10.2. The zero-order chi connectivity index (χ0) is 12.6. The third-order valence-electron chi connectivity index (χ3n) is 3.67. The molecule has 0 bridgehead atoms. The standard InChI is InChI=1S/C11H17N3O3.CH4/c1-8-10(14(16)17)11(15)13(12(8)2)9-6-4-3-5-7-9;/h9H,3-7H2,1-2H3;1H4. The van der Waals surface area contributed by atoms with Gasteiger partial charge in [0.15, 0.2) is 0 Å². The fourth-order valence-corrected chi connectivity index (χ4v) is 2.66. The Balaban J connectivity index is 0.00000162. The van der Waals surface area contributed by atoms with Crippen molar-refractivity contribution < 1.29 is 4.92 Å². The van der Waals surface area contributed by atoms with E-state index in [0.29, 0.717) is 5.69 Å². The van der Waals surface area contributed by atoms with Crippen LogP contribution in [0.1, 0.15) is 51.3 Å². The van der Waals surface area contributed by atoms with E-state index < -0.39 is 10.5 Å². The highest BCUT2D eigenvalue weighted by Gasteiger charge is 2.28. The minimum absolute atomic E-state index is 0. The van der Waals surface area contributed by atoms with Crippen molar-refractivity contribution in [2.24, 2.45) is 7.05 Å². The lowest BCUT2D eigenvalue weighted by Gasteiger charge is -2.24. The summed E-state index contributed by atoms with van der Waals surface area (Å²) in [6.45, 7) is 1.62. The molecule has 0 atom stereocenters. The number of rotatable bonds is 2. The molecule has 1 aromatic rings. The van der Waals surface area contributed by atoms with Crippen molar-refractivity contribution in [2.45, 2.75) is 52.5 Å². The summed E-state index contributed by atoms with van der Waals surface area (Å²) in [5.74, 6) is 0. The summed E-state index contributed by atoms with van der Waals surface area (Å²) < 4.78 is 3.20. The smallest absolute Gasteiger partial charge is 0.283 e. The average molecular weight is 255 g/mol. The number of nitrogens with zero attached hydrogens (tertiary/aromatic N) is 3. The molecule has 6 heteroatoms. The van der Waals surface area contributed by atoms with E-state index in [9.17, 15) is 14.9 Å². The summed E-state index contributed by atoms with van der Waals surface area (Å²) in [6.07, 6.45) is 5.25. The second kappa shape index (κ2) is 5.37. The number of nitro groups is 1. The Morgan fingerprint density at radius 3 is 2.28 bits per heavy atom. The van der Waals surface area contributed by atoms with E-state index in [1.165, 1.54) is 6.42 Å². The van der Waals surface area contributed by atoms with Crippen LogP contribution in [0.3, 0.4) is 0 Å². The van der Waals surface area contributed by atoms with Crippen LogP contribution in [0.15, 0.2) is 4.79 Å². The minimum atomic E-state index is -0.572. The molecule has 18 heavy (non-hydrogen) atoms. The molecule has 1 aliphatic carbocycles. The second-order valence-electron chi connectivity index (χ2n) is 4.66. The van der Waals surface area contributed by atoms with Gasteiger partial charge in [0, 0.05) is 7.05 Å². The van der Waals surface area contributed by atoms with Crippen molar-refractivity contribution in [3.8, 4) is 0 Å². The molecule has 0 unspecified atom stereocenters. The Morgan fingerprint density at radius 2 is 1.83 bits per heavy atom. The van der Waals surface area contributed by atoms with Crippen molar-refractivity contribution in [3.05, 3.63) is 26.2 Å². The first kappa shape index (κ1) is 14.5. The van der Waals surface area contributed by atoms with Crippen LogP contribution in [-0.4, -0.2) is 14.3 Å². The third kappa shape index (κ3) is 2.19. The number of hydrogen-bond donors (Lipinski definition) is 0. The van der Waals surface area contributed by atoms with Gasteiger partial charge in [0.25, 0.3) is 0 Å². The van der Waals surface area contributed by atoms with Crippen molar-refractivity contribution in [3.63, 3.8) is 0 Å². The Labute approximate surface area is 106 Å². The van der Waals surface area contributed by atoms with Crippen LogP contribution in [0.25, 0.3) is 0 Å². The third-order valence-corrected chi connectivity index (χ3v) is 3.67. The molecule has 0 N–H and O–H groups in total. The summed E-state index contributed by atoms with van der Waals surface area (Å²) in [5.41, 5.74) is -0.300. The molecule has 2 rings (SSSR count). The first-order valence-electron chi connectivity index (χ1n) is 5.96. The van der Waals surface area contributed by atoms with Crippen LogP contribution in [0.4, 0.5) is 5.69 Å². The fraction of sp³-hybridized carbons (Fsp3) is 0.750. The Bertz CT molecular complexity index is 495. The molecule has 0 aromatic carbocycles. The molecule has 1 heterocycles. The SMILES string of the molecule is C.Cc1c([N+](=O)[O-])c(=O)n(C2CCCCC2)n1C. The van der Waals surface area contributed by atoms with Gasteiger partial charge in [-0.2, -0.15) is 0 Å². The van der Waals surface area contributed by atoms with E-state index in [1.807, 2.05) is 0 Å². The van der Waals surface area contributed by atoms with Gasteiger partial charge in [-0.05, 0) is 19.8 Å². The maximum atomic E-state index is 12.1. The van der Waals surface area contributed by atoms with Gasteiger partial charge in [0.1, 0.15) is 5.69 Å². The van der Waals surface area contributed by atoms with Crippen molar-refractivity contribution in [1.82, 2.24) is 9.36 Å². The van der Waals surface area contributed by atoms with Gasteiger partial charge in [-0.1, -0.05) is 26.7 Å². The van der Waals surface area contributed by atoms with E-state index in [0.717, 1.165) is 25.7 Å². The molecular formula is C12H21N3O3. The fourth-order valence-electron chi connectivity index (χ4n) is 2.66. The highest BCUT2D eigenvalue weighted by Crippen LogP contribution is 2.28. The van der Waals surface area contributed by atoms with E-state index in [-0.39, 0.29) is 19.2 Å². The van der Waals surface area contributed by atoms with Crippen LogP contribution in [0, 0.1) is 17.0 Å². The first-order valence-corrected chi connectivity index (χ1v) is 5.96. The molecular weight excluding hydrogens is 234 g/mol. The minimum Gasteiger partial charge on any atom is -0.283 e. The van der Waals surface area contributed by atoms with Crippen molar-refractivity contribution >= 4 is 5.69 Å². The second-order valence-corrected chi connectivity index (χ2v) is 4.66. The van der Waals surface area contributed by atoms with Gasteiger partial charge < -0.3 is 0 Å². The summed E-state index contributed by atoms with van der Waals surface area (Å²) in [5, 5.41) is 10.9. The van der Waals surface area contributed by atoms with Gasteiger partial charge in [-0.25, -0.2) is 4.68 Å². The molecule has 0 spiro atoms. The lowest BCUT2D eigenvalue weighted by Crippen LogP contribution is -2.28. The van der Waals surface area contributed by atoms with Gasteiger partial charge in [-0.3, -0.25) is 19.6 Å². The lowest BCUT2D eigenvalue weighted by atomic mass is 9.96. The molecule has 0 saturated heterocycles. The summed E-state index contributed by atoms with van der Waals surface area (Å²) in [6, 6.07) is 0.119. The summed E-state index contributed by atoms with van der Waals surface area (Å²) >= 11 is 0. The van der Waals surface area contributed by atoms with Gasteiger partial charge in [0.2, 0.25) is 0 Å². The Morgan fingerprint density at radius 1 is 1.28 bits per heavy atom. The highest BCUT2D eigenvalue weighted by molar-refractivity contribution is 5.32. The van der Waals surface area contributed by atoms with E-state index in [1.54, 1.807) is 23.3 Å². The van der Waals surface area contributed by atoms with E-state index >= 15 is 0 Å². The molecule has 0 radical (unpaired) electrons. The van der Waals surface area contributed by atoms with Gasteiger partial charge >= 0.3 is 11.2 Å². The molecule has 0 amide bonds. The summed E-state index contributed by atoms with van der Waals surface area (Å²) in [7, 11) is 1.72. The topological polar surface area (TPSA) is 70.1 Å². The Hall–Kier alpha value is -1.59. The van der Waals surface area contributed by atoms with E-state index in [4.69, 9.17) is 0 Å². The lowest BCUT2D eigenvalue weighted by molar-refractivity contribution is -0.386. The summed E-state index contributed by atoms with van der Waals surface area (Å²) in [4.78, 5) is 22.3. The molecule has 1 saturated carbocycles. The van der Waals surface area contributed by atoms with E-state index in [2.05, 4.69) is 0 Å². The Kier molecular flexibility index (Phi) is 4.32. The molecule has 0 aliphatic heterocycles. The average Bonchev–Trinajstić information content (AvgIpc) is 2.51.